The molecule has 0 saturated heterocycles. The number of thiazole rings is 1. The normalized spacial score (nSPS) is 11.1. The molecule has 1 aromatic heterocycles. The lowest BCUT2D eigenvalue weighted by Gasteiger charge is -2.24. The number of hydrogen-bond donors (Lipinski definition) is 3. The average molecular weight is 557 g/mol. The van der Waals surface area contributed by atoms with Crippen molar-refractivity contribution in [3.63, 3.8) is 0 Å². The fourth-order valence-corrected chi connectivity index (χ4v) is 6.59. The van der Waals surface area contributed by atoms with Gasteiger partial charge in [0.1, 0.15) is 18.6 Å². The van der Waals surface area contributed by atoms with Gasteiger partial charge in [-0.05, 0) is 41.3 Å². The molecule has 3 aromatic carbocycles. The van der Waals surface area contributed by atoms with Gasteiger partial charge in [-0.25, -0.2) is 4.98 Å². The number of nitrogens with one attached hydrogen (secondary N) is 1. The molecule has 2 N–H and O–H groups in total. The predicted octanol–water partition coefficient (Wildman–Crippen LogP) is 3.13. The first-order valence-corrected chi connectivity index (χ1v) is 14.1. The highest BCUT2D eigenvalue weighted by Crippen LogP contribution is 2.39. The molecule has 3 atom stereocenters. The van der Waals surface area contributed by atoms with E-state index in [0.717, 1.165) is 67.2 Å². The van der Waals surface area contributed by atoms with Crippen LogP contribution in [0.1, 0.15) is 30.1 Å². The molecule has 0 spiro atoms. The average Bonchev–Trinajstić information content (AvgIpc) is 3.28. The van der Waals surface area contributed by atoms with E-state index >= 15 is 0 Å². The lowest BCUT2D eigenvalue weighted by Crippen LogP contribution is -2.43. The number of phenols is 1. The van der Waals surface area contributed by atoms with Crippen LogP contribution in [-0.2, 0) is 0 Å². The summed E-state index contributed by atoms with van der Waals surface area (Å²) in [4.78, 5) is 18.6. The van der Waals surface area contributed by atoms with Crippen molar-refractivity contribution in [3.8, 4) is 16.3 Å². The summed E-state index contributed by atoms with van der Waals surface area (Å²) in [6.07, 6.45) is 2.17. The minimum Gasteiger partial charge on any atom is -0.508 e. The number of para-hydroxylation sites is 1. The predicted molar refractivity (Wildman–Crippen MR) is 169 cm³/mol. The van der Waals surface area contributed by atoms with Crippen LogP contribution in [0.3, 0.4) is 0 Å². The quantitative estimate of drug-likeness (QED) is 0.142. The summed E-state index contributed by atoms with van der Waals surface area (Å²) in [5, 5.41) is 17.2. The molecule has 0 bridgehead atoms. The topological polar surface area (TPSA) is 65.5 Å². The van der Waals surface area contributed by atoms with Gasteiger partial charge in [-0.3, -0.25) is 9.10 Å². The van der Waals surface area contributed by atoms with Crippen LogP contribution in [0.25, 0.3) is 20.8 Å². The number of carbonyl (C=O) groups is 1. The van der Waals surface area contributed by atoms with E-state index in [-0.39, 0.29) is 11.7 Å². The van der Waals surface area contributed by atoms with Gasteiger partial charge in [0.05, 0.1) is 15.9 Å². The van der Waals surface area contributed by atoms with Gasteiger partial charge in [-0.1, -0.05) is 43.8 Å². The largest absolute Gasteiger partial charge is 0.508 e. The first-order valence-electron chi connectivity index (χ1n) is 11.2. The number of amides is 1. The van der Waals surface area contributed by atoms with Gasteiger partial charge in [0.25, 0.3) is 5.91 Å². The van der Waals surface area contributed by atoms with Gasteiger partial charge in [0, 0.05) is 34.7 Å². The second kappa shape index (κ2) is 11.2. The fourth-order valence-electron chi connectivity index (χ4n) is 3.87. The third-order valence-corrected chi connectivity index (χ3v) is 9.57. The maximum absolute atomic E-state index is 13.8. The Kier molecular flexibility index (Phi) is 8.41. The molecule has 0 radical (unpaired) electrons. The van der Waals surface area contributed by atoms with Crippen molar-refractivity contribution in [2.24, 2.45) is 0 Å². The van der Waals surface area contributed by atoms with E-state index in [2.05, 4.69) is 52.8 Å². The van der Waals surface area contributed by atoms with Crippen LogP contribution >= 0.6 is 51.9 Å². The van der Waals surface area contributed by atoms with Gasteiger partial charge >= 0.3 is 0 Å². The summed E-state index contributed by atoms with van der Waals surface area (Å²) >= 11 is 6.16. The zero-order chi connectivity index (χ0) is 25.3. The molecule has 0 saturated carbocycles. The van der Waals surface area contributed by atoms with Crippen LogP contribution < -0.4 is 31.0 Å². The standard InChI is InChI=1S/C24H27BN3O2P3S2/c1-2-3-10-26-19-21(32)18(25)17(20(31)22(19)33)24(30)28(34)15-11-12(29)8-9-13(15)23-27-14-6-4-5-7-16(14)35-23/h4-9,11,26,29,34H,2-3,10,25,31-33H2,1H3. The van der Waals surface area contributed by atoms with Crippen molar-refractivity contribution in [3.05, 3.63) is 48.0 Å². The van der Waals surface area contributed by atoms with Crippen LogP contribution in [0.2, 0.25) is 0 Å². The van der Waals surface area contributed by atoms with Crippen LogP contribution in [0.4, 0.5) is 11.4 Å². The smallest absolute Gasteiger partial charge is 0.268 e. The number of unbranched alkanes of at least 4 members (excludes halogenated alkanes) is 1. The molecule has 4 aromatic rings. The molecular formula is C24H27BN3O2P3S2. The number of benzene rings is 3. The molecule has 1 amide bonds. The van der Waals surface area contributed by atoms with Crippen LogP contribution in [0, 0.1) is 0 Å². The highest BCUT2D eigenvalue weighted by Gasteiger charge is 2.26. The maximum Gasteiger partial charge on any atom is 0.268 e. The molecule has 4 rings (SSSR count). The van der Waals surface area contributed by atoms with Gasteiger partial charge in [-0.2, -0.15) is 0 Å². The first-order chi connectivity index (χ1) is 16.7. The molecule has 180 valence electrons. The van der Waals surface area contributed by atoms with Gasteiger partial charge < -0.3 is 10.4 Å². The van der Waals surface area contributed by atoms with E-state index in [4.69, 9.17) is 4.98 Å². The van der Waals surface area contributed by atoms with Crippen LogP contribution in [-0.4, -0.2) is 30.4 Å². The molecule has 1 heterocycles. The van der Waals surface area contributed by atoms with Crippen molar-refractivity contribution >= 4 is 109 Å². The monoisotopic (exact) mass is 557 g/mol. The Morgan fingerprint density at radius 3 is 2.63 bits per heavy atom. The van der Waals surface area contributed by atoms with Crippen molar-refractivity contribution < 1.29 is 9.90 Å². The number of carbonyl (C=O) groups excluding carboxylic acids is 1. The number of aromatic hydroxyl groups is 1. The lowest BCUT2D eigenvalue weighted by atomic mass is 9.88. The molecule has 5 nitrogen and oxygen atoms in total. The van der Waals surface area contributed by atoms with Gasteiger partial charge in [0.15, 0.2) is 0 Å². The zero-order valence-corrected chi connectivity index (χ0v) is 24.7. The van der Waals surface area contributed by atoms with Crippen molar-refractivity contribution in [2.75, 3.05) is 16.2 Å². The van der Waals surface area contributed by atoms with E-state index in [9.17, 15) is 9.90 Å². The third-order valence-electron chi connectivity index (χ3n) is 5.85. The number of anilines is 2. The summed E-state index contributed by atoms with van der Waals surface area (Å²) in [6, 6.07) is 12.8. The summed E-state index contributed by atoms with van der Waals surface area (Å²) in [6.45, 7) is 3.02. The highest BCUT2D eigenvalue weighted by molar-refractivity contribution is 7.82. The zero-order valence-electron chi connectivity index (χ0n) is 19.5. The molecule has 35 heavy (non-hydrogen) atoms. The summed E-state index contributed by atoms with van der Waals surface area (Å²) in [7, 11) is 10.2. The molecule has 11 heteroatoms. The molecule has 0 aliphatic carbocycles. The minimum atomic E-state index is -0.281. The van der Waals surface area contributed by atoms with Crippen molar-refractivity contribution in [1.29, 1.82) is 0 Å². The summed E-state index contributed by atoms with van der Waals surface area (Å²) < 4.78 is 2.35. The first kappa shape index (κ1) is 26.4. The molecule has 0 aliphatic heterocycles. The highest BCUT2D eigenvalue weighted by atomic mass is 32.1. The number of fused-ring (bicyclic) bond motifs is 1. The summed E-state index contributed by atoms with van der Waals surface area (Å²) in [5.74, 6) is -0.232. The second-order valence-corrected chi connectivity index (χ2v) is 11.4. The fraction of sp³-hybridized carbons (Fsp3) is 0.167. The lowest BCUT2D eigenvalue weighted by molar-refractivity contribution is 0.101. The van der Waals surface area contributed by atoms with E-state index in [1.54, 1.807) is 18.2 Å². The van der Waals surface area contributed by atoms with E-state index in [1.807, 2.05) is 32.1 Å². The number of nitrogens with zero attached hydrogens (tertiary/aromatic N) is 2. The molecular weight excluding hydrogens is 530 g/mol. The van der Waals surface area contributed by atoms with Gasteiger partial charge in [-0.15, -0.1) is 39.1 Å². The Morgan fingerprint density at radius 2 is 1.91 bits per heavy atom. The third kappa shape index (κ3) is 5.24. The number of hydrogen-bond acceptors (Lipinski definition) is 6. The Bertz CT molecular complexity index is 1370. The maximum atomic E-state index is 13.8. The van der Waals surface area contributed by atoms with E-state index < -0.39 is 0 Å². The Hall–Kier alpha value is -1.68. The number of rotatable bonds is 7. The Morgan fingerprint density at radius 1 is 1.17 bits per heavy atom. The summed E-state index contributed by atoms with van der Waals surface area (Å²) in [5.41, 5.74) is 4.51. The molecule has 3 unspecified atom stereocenters. The minimum absolute atomic E-state index is 0.0495. The Balaban J connectivity index is 1.77. The SMILES string of the molecule is Bc1c(P)c(NCCCC)c(P)c(P)c1C(=O)N(S)c1cc(O)ccc1-c1nc2ccccc2s1. The number of thiol groups is 1. The van der Waals surface area contributed by atoms with Crippen molar-refractivity contribution in [1.82, 2.24) is 4.98 Å². The van der Waals surface area contributed by atoms with E-state index in [0.29, 0.717) is 11.3 Å². The Labute approximate surface area is 223 Å². The number of phenolic OH excluding ortho intramolecular Hbond substituents is 1. The van der Waals surface area contributed by atoms with Crippen molar-refractivity contribution in [2.45, 2.75) is 19.8 Å². The molecule has 0 fully saturated rings. The molecule has 0 aliphatic rings. The van der Waals surface area contributed by atoms with E-state index in [1.165, 1.54) is 15.6 Å². The van der Waals surface area contributed by atoms with Crippen LogP contribution in [0.15, 0.2) is 42.5 Å². The second-order valence-electron chi connectivity index (χ2n) is 8.20. The van der Waals surface area contributed by atoms with Crippen LogP contribution in [0.5, 0.6) is 5.75 Å². The number of aromatic nitrogens is 1. The van der Waals surface area contributed by atoms with Gasteiger partial charge in [0.2, 0.25) is 0 Å².